The molecule has 2 aromatic heterocycles. The van der Waals surface area contributed by atoms with E-state index in [4.69, 9.17) is 9.84 Å². The van der Waals surface area contributed by atoms with Crippen LogP contribution < -0.4 is 15.0 Å². The molecule has 1 fully saturated rings. The zero-order valence-corrected chi connectivity index (χ0v) is 22.4. The zero-order chi connectivity index (χ0) is 27.8. The van der Waals surface area contributed by atoms with Crippen molar-refractivity contribution in [2.45, 2.75) is 46.0 Å². The fourth-order valence-electron chi connectivity index (χ4n) is 4.76. The third-order valence-corrected chi connectivity index (χ3v) is 6.76. The van der Waals surface area contributed by atoms with E-state index in [1.54, 1.807) is 0 Å². The monoisotopic (exact) mass is 542 g/mol. The number of carbonyl (C=O) groups is 1. The van der Waals surface area contributed by atoms with Crippen LogP contribution in [0.25, 0.3) is 11.3 Å². The second-order valence-electron chi connectivity index (χ2n) is 10.3. The Morgan fingerprint density at radius 1 is 1.18 bits per heavy atom. The summed E-state index contributed by atoms with van der Waals surface area (Å²) in [6, 6.07) is 4.07. The third kappa shape index (κ3) is 7.72. The van der Waals surface area contributed by atoms with E-state index in [0.717, 1.165) is 80.2 Å². The molecule has 4 rings (SSSR count). The van der Waals surface area contributed by atoms with Crippen LogP contribution in [0.1, 0.15) is 55.6 Å². The fraction of sp³-hybridized carbons (Fsp3) is 0.500. The first-order chi connectivity index (χ1) is 18.8. The van der Waals surface area contributed by atoms with Crippen LogP contribution in [-0.4, -0.2) is 64.0 Å². The van der Waals surface area contributed by atoms with E-state index in [1.165, 1.54) is 0 Å². The number of halogens is 2. The Morgan fingerprint density at radius 2 is 1.87 bits per heavy atom. The average molecular weight is 543 g/mol. The number of amides is 1. The summed E-state index contributed by atoms with van der Waals surface area (Å²) in [7, 11) is 0. The van der Waals surface area contributed by atoms with Gasteiger partial charge in [0.15, 0.2) is 0 Å². The Hall–Kier alpha value is -3.60. The molecule has 1 aromatic carbocycles. The molecule has 11 heteroatoms. The van der Waals surface area contributed by atoms with Crippen LogP contribution >= 0.6 is 0 Å². The molecular weight excluding hydrogens is 506 g/mol. The number of nitrogens with zero attached hydrogens (tertiary/aromatic N) is 4. The highest BCUT2D eigenvalue weighted by Crippen LogP contribution is 2.26. The van der Waals surface area contributed by atoms with E-state index in [9.17, 15) is 13.6 Å². The smallest absolute Gasteiger partial charge is 0.257 e. The lowest BCUT2D eigenvalue weighted by Gasteiger charge is -2.32. The number of aromatic amines is 1. The summed E-state index contributed by atoms with van der Waals surface area (Å²) in [5.41, 5.74) is 2.16. The van der Waals surface area contributed by atoms with Crippen molar-refractivity contribution in [2.24, 2.45) is 11.8 Å². The summed E-state index contributed by atoms with van der Waals surface area (Å²) in [4.78, 5) is 23.2. The van der Waals surface area contributed by atoms with E-state index in [-0.39, 0.29) is 18.9 Å². The van der Waals surface area contributed by atoms with Gasteiger partial charge in [0.05, 0.1) is 18.9 Å². The normalized spacial score (nSPS) is 14.2. The van der Waals surface area contributed by atoms with E-state index in [1.807, 2.05) is 12.4 Å². The van der Waals surface area contributed by atoms with Gasteiger partial charge in [-0.3, -0.25) is 9.89 Å². The van der Waals surface area contributed by atoms with Gasteiger partial charge < -0.3 is 20.1 Å². The summed E-state index contributed by atoms with van der Waals surface area (Å²) in [5.74, 6) is -1.06. The van der Waals surface area contributed by atoms with Crippen LogP contribution in [0.5, 0.6) is 5.75 Å². The van der Waals surface area contributed by atoms with Crippen LogP contribution in [0.15, 0.2) is 30.6 Å². The van der Waals surface area contributed by atoms with E-state index in [0.29, 0.717) is 18.4 Å². The highest BCUT2D eigenvalue weighted by Gasteiger charge is 2.22. The number of aliphatic hydroxyl groups excluding tert-OH is 1. The van der Waals surface area contributed by atoms with Crippen LogP contribution in [0, 0.1) is 23.5 Å². The molecule has 0 radical (unpaired) electrons. The summed E-state index contributed by atoms with van der Waals surface area (Å²) in [6.07, 6.45) is 8.29. The van der Waals surface area contributed by atoms with Gasteiger partial charge in [0.2, 0.25) is 5.95 Å². The van der Waals surface area contributed by atoms with Gasteiger partial charge in [-0.15, -0.1) is 0 Å². The summed E-state index contributed by atoms with van der Waals surface area (Å²) >= 11 is 0. The van der Waals surface area contributed by atoms with Gasteiger partial charge in [-0.05, 0) is 50.0 Å². The standard InChI is InChI=1S/C28H36F2N6O3/c1-18(2)12-21-13-25(35-34-21)20-16-32-28(33-17-20)36-8-5-19(6-9-36)4-3-11-39-22-14-23(29)26(24(30)15-22)27(38)31-7-10-37/h13-19,37H,3-12H2,1-2H3,(H,31,38)(H,34,35). The SMILES string of the molecule is CC(C)Cc1cc(-c2cnc(N3CCC(CCCOc4cc(F)c(C(=O)NCCO)c(F)c4)CC3)nc2)n[nH]1. The molecule has 1 aliphatic heterocycles. The lowest BCUT2D eigenvalue weighted by Crippen LogP contribution is -2.34. The Morgan fingerprint density at radius 3 is 2.51 bits per heavy atom. The number of rotatable bonds is 12. The van der Waals surface area contributed by atoms with Crippen molar-refractivity contribution < 1.29 is 23.4 Å². The first kappa shape index (κ1) is 28.4. The number of nitrogens with one attached hydrogen (secondary N) is 2. The number of aliphatic hydroxyl groups is 1. The Labute approximate surface area is 227 Å². The van der Waals surface area contributed by atoms with Gasteiger partial charge >= 0.3 is 0 Å². The molecule has 9 nitrogen and oxygen atoms in total. The molecule has 1 saturated heterocycles. The molecule has 0 unspecified atom stereocenters. The predicted octanol–water partition coefficient (Wildman–Crippen LogP) is 4.14. The molecule has 0 spiro atoms. The number of piperidine rings is 1. The minimum absolute atomic E-state index is 0.0464. The number of carbonyl (C=O) groups excluding carboxylic acids is 1. The highest BCUT2D eigenvalue weighted by molar-refractivity contribution is 5.94. The number of benzene rings is 1. The minimum atomic E-state index is -0.997. The summed E-state index contributed by atoms with van der Waals surface area (Å²) in [5, 5.41) is 18.5. The molecule has 1 aliphatic rings. The van der Waals surface area contributed by atoms with Crippen molar-refractivity contribution in [1.82, 2.24) is 25.5 Å². The van der Waals surface area contributed by atoms with E-state index < -0.39 is 23.1 Å². The van der Waals surface area contributed by atoms with Gasteiger partial charge in [0.1, 0.15) is 22.9 Å². The third-order valence-electron chi connectivity index (χ3n) is 6.76. The van der Waals surface area contributed by atoms with E-state index >= 15 is 0 Å². The topological polar surface area (TPSA) is 116 Å². The maximum Gasteiger partial charge on any atom is 0.257 e. The molecule has 0 saturated carbocycles. The second-order valence-corrected chi connectivity index (χ2v) is 10.3. The molecule has 0 atom stereocenters. The fourth-order valence-corrected chi connectivity index (χ4v) is 4.76. The van der Waals surface area contributed by atoms with Gasteiger partial charge in [-0.1, -0.05) is 13.8 Å². The van der Waals surface area contributed by atoms with Crippen LogP contribution in [0.4, 0.5) is 14.7 Å². The van der Waals surface area contributed by atoms with Crippen LogP contribution in [0.3, 0.4) is 0 Å². The molecule has 3 N–H and O–H groups in total. The first-order valence-corrected chi connectivity index (χ1v) is 13.5. The lowest BCUT2D eigenvalue weighted by atomic mass is 9.92. The molecule has 1 amide bonds. The number of anilines is 1. The van der Waals surface area contributed by atoms with Crippen molar-refractivity contribution in [1.29, 1.82) is 0 Å². The minimum Gasteiger partial charge on any atom is -0.493 e. The maximum absolute atomic E-state index is 14.3. The number of H-pyrrole nitrogens is 1. The maximum atomic E-state index is 14.3. The van der Waals surface area contributed by atoms with Crippen molar-refractivity contribution in [3.8, 4) is 17.0 Å². The van der Waals surface area contributed by atoms with Gasteiger partial charge in [-0.25, -0.2) is 18.7 Å². The Bertz CT molecular complexity index is 1200. The van der Waals surface area contributed by atoms with Crippen molar-refractivity contribution in [3.63, 3.8) is 0 Å². The number of hydrogen-bond acceptors (Lipinski definition) is 7. The van der Waals surface area contributed by atoms with Crippen molar-refractivity contribution >= 4 is 11.9 Å². The lowest BCUT2D eigenvalue weighted by molar-refractivity contribution is 0.0936. The van der Waals surface area contributed by atoms with Gasteiger partial charge in [0.25, 0.3) is 5.91 Å². The number of hydrogen-bond donors (Lipinski definition) is 3. The predicted molar refractivity (Wildman–Crippen MR) is 144 cm³/mol. The van der Waals surface area contributed by atoms with Gasteiger partial charge in [-0.2, -0.15) is 5.10 Å². The van der Waals surface area contributed by atoms with Crippen LogP contribution in [0.2, 0.25) is 0 Å². The molecular formula is C28H36F2N6O3. The number of ether oxygens (including phenoxy) is 1. The molecule has 3 heterocycles. The van der Waals surface area contributed by atoms with Gasteiger partial charge in [0, 0.05) is 55.4 Å². The summed E-state index contributed by atoms with van der Waals surface area (Å²) in [6.45, 7) is 6.00. The summed E-state index contributed by atoms with van der Waals surface area (Å²) < 4.78 is 34.0. The Kier molecular flexibility index (Phi) is 9.80. The van der Waals surface area contributed by atoms with Crippen molar-refractivity contribution in [2.75, 3.05) is 37.7 Å². The van der Waals surface area contributed by atoms with Crippen molar-refractivity contribution in [3.05, 3.63) is 53.5 Å². The molecule has 210 valence electrons. The van der Waals surface area contributed by atoms with Crippen LogP contribution in [-0.2, 0) is 6.42 Å². The average Bonchev–Trinajstić information content (AvgIpc) is 3.38. The number of aromatic nitrogens is 4. The first-order valence-electron chi connectivity index (χ1n) is 13.5. The molecule has 3 aromatic rings. The molecule has 0 aliphatic carbocycles. The molecule has 39 heavy (non-hydrogen) atoms. The molecule has 0 bridgehead atoms. The van der Waals surface area contributed by atoms with E-state index in [2.05, 4.69) is 50.3 Å². The highest BCUT2D eigenvalue weighted by atomic mass is 19.1. The quantitative estimate of drug-likeness (QED) is 0.295. The largest absolute Gasteiger partial charge is 0.493 e. The Balaban J connectivity index is 1.19. The second kappa shape index (κ2) is 13.5. The zero-order valence-electron chi connectivity index (χ0n) is 22.4.